The number of hydrogen-bond acceptors (Lipinski definition) is 3. The van der Waals surface area contributed by atoms with E-state index in [0.717, 1.165) is 6.54 Å². The molecule has 0 radical (unpaired) electrons. The quantitative estimate of drug-likeness (QED) is 0.568. The number of β-amino-alcohol motifs (C(OH)–C–C–N with tert-alkyl or cyclic N) is 1. The minimum Gasteiger partial charge on any atom is -0.386 e. The molecular formula is C20H24INO2. The van der Waals surface area contributed by atoms with Gasteiger partial charge in [0.15, 0.2) is 0 Å². The molecule has 128 valence electrons. The molecule has 2 aromatic rings. The maximum atomic E-state index is 11.0. The molecule has 3 unspecified atom stereocenters. The topological polar surface area (TPSA) is 43.7 Å². The van der Waals surface area contributed by atoms with Crippen molar-refractivity contribution >= 4 is 22.6 Å². The predicted octanol–water partition coefficient (Wildman–Crippen LogP) is 3.55. The number of likely N-dealkylation sites (tertiary alicyclic amines) is 1. The highest BCUT2D eigenvalue weighted by molar-refractivity contribution is 14.1. The van der Waals surface area contributed by atoms with Crippen LogP contribution in [0.5, 0.6) is 0 Å². The molecule has 0 bridgehead atoms. The Labute approximate surface area is 157 Å². The molecule has 2 N–H and O–H groups in total. The van der Waals surface area contributed by atoms with Gasteiger partial charge in [-0.05, 0) is 24.5 Å². The van der Waals surface area contributed by atoms with Crippen molar-refractivity contribution in [1.82, 2.24) is 4.90 Å². The second-order valence-corrected chi connectivity index (χ2v) is 7.72. The normalized spacial score (nSPS) is 31.1. The van der Waals surface area contributed by atoms with E-state index < -0.39 is 11.2 Å². The average Bonchev–Trinajstić information content (AvgIpc) is 2.59. The molecule has 1 aliphatic heterocycles. The summed E-state index contributed by atoms with van der Waals surface area (Å²) in [6.45, 7) is 2.96. The van der Waals surface area contributed by atoms with Crippen LogP contribution in [-0.4, -0.2) is 37.3 Å². The Morgan fingerprint density at radius 3 is 2.21 bits per heavy atom. The number of nitrogens with zero attached hydrogens (tertiary/aromatic N) is 1. The third-order valence-corrected chi connectivity index (χ3v) is 6.38. The Morgan fingerprint density at radius 1 is 1.04 bits per heavy atom. The Morgan fingerprint density at radius 2 is 1.62 bits per heavy atom. The monoisotopic (exact) mass is 437 g/mol. The summed E-state index contributed by atoms with van der Waals surface area (Å²) in [6.07, 6.45) is 0.528. The maximum absolute atomic E-state index is 11.0. The molecule has 1 heterocycles. The molecule has 0 saturated carbocycles. The van der Waals surface area contributed by atoms with Crippen molar-refractivity contribution < 1.29 is 10.2 Å². The summed E-state index contributed by atoms with van der Waals surface area (Å²) in [4.78, 5) is 2.28. The summed E-state index contributed by atoms with van der Waals surface area (Å²) >= 11 is 2.18. The molecule has 1 fully saturated rings. The van der Waals surface area contributed by atoms with Crippen molar-refractivity contribution in [1.29, 1.82) is 0 Å². The summed E-state index contributed by atoms with van der Waals surface area (Å²) < 4.78 is 0.514. The number of halogens is 1. The van der Waals surface area contributed by atoms with Gasteiger partial charge in [-0.15, -0.1) is 0 Å². The van der Waals surface area contributed by atoms with E-state index in [9.17, 15) is 10.2 Å². The van der Waals surface area contributed by atoms with Crippen molar-refractivity contribution in [2.24, 2.45) is 0 Å². The van der Waals surface area contributed by atoms with E-state index in [1.807, 2.05) is 36.4 Å². The largest absolute Gasteiger partial charge is 0.386 e. The molecule has 3 atom stereocenters. The second kappa shape index (κ2) is 7.12. The van der Waals surface area contributed by atoms with E-state index in [1.165, 1.54) is 11.1 Å². The Kier molecular flexibility index (Phi) is 5.30. The first-order valence-corrected chi connectivity index (χ1v) is 9.81. The molecule has 0 aromatic heterocycles. The van der Waals surface area contributed by atoms with E-state index in [2.05, 4.69) is 51.8 Å². The molecule has 4 heteroatoms. The zero-order valence-electron chi connectivity index (χ0n) is 13.9. The van der Waals surface area contributed by atoms with Crippen LogP contribution in [0.4, 0.5) is 0 Å². The molecule has 0 aliphatic carbocycles. The highest BCUT2D eigenvalue weighted by atomic mass is 127. The Hall–Kier alpha value is -0.950. The van der Waals surface area contributed by atoms with Gasteiger partial charge in [0.05, 0.1) is 0 Å². The molecule has 0 amide bonds. The third kappa shape index (κ3) is 3.52. The van der Waals surface area contributed by atoms with Crippen molar-refractivity contribution in [3.8, 4) is 0 Å². The van der Waals surface area contributed by atoms with E-state index in [0.29, 0.717) is 17.4 Å². The minimum atomic E-state index is -1.13. The van der Waals surface area contributed by atoms with Gasteiger partial charge >= 0.3 is 0 Å². The van der Waals surface area contributed by atoms with Gasteiger partial charge in [-0.3, -0.25) is 4.90 Å². The fourth-order valence-electron chi connectivity index (χ4n) is 3.51. The Bertz CT molecular complexity index is 662. The molecule has 2 aromatic carbocycles. The summed E-state index contributed by atoms with van der Waals surface area (Å²) in [7, 11) is 0. The van der Waals surface area contributed by atoms with Gasteiger partial charge in [0, 0.05) is 23.6 Å². The first-order chi connectivity index (χ1) is 11.5. The summed E-state index contributed by atoms with van der Waals surface area (Å²) in [5.74, 6) is 0. The van der Waals surface area contributed by atoms with Crippen LogP contribution in [0.1, 0.15) is 30.5 Å². The van der Waals surface area contributed by atoms with Gasteiger partial charge in [0.1, 0.15) is 11.2 Å². The molecule has 3 rings (SSSR count). The van der Waals surface area contributed by atoms with Crippen LogP contribution in [0, 0.1) is 0 Å². The van der Waals surface area contributed by atoms with Crippen LogP contribution in [-0.2, 0) is 6.54 Å². The lowest BCUT2D eigenvalue weighted by molar-refractivity contribution is -0.183. The standard InChI is InChI=1S/C20H24INO2/c1-19(23)15-22(13-16-8-4-2-5-9-16)18(12-20(19,24)14-21)17-10-6-3-7-11-17/h2-11,18,23-24H,12-15H2,1H3. The number of benzene rings is 2. The summed E-state index contributed by atoms with van der Waals surface area (Å²) in [6, 6.07) is 20.7. The Balaban J connectivity index is 1.94. The van der Waals surface area contributed by atoms with Gasteiger partial charge in [-0.1, -0.05) is 83.3 Å². The van der Waals surface area contributed by atoms with Crippen LogP contribution in [0.15, 0.2) is 60.7 Å². The third-order valence-electron chi connectivity index (χ3n) is 5.12. The van der Waals surface area contributed by atoms with E-state index >= 15 is 0 Å². The van der Waals surface area contributed by atoms with Gasteiger partial charge in [-0.25, -0.2) is 0 Å². The lowest BCUT2D eigenvalue weighted by Gasteiger charge is -2.52. The number of rotatable bonds is 4. The maximum Gasteiger partial charge on any atom is 0.105 e. The van der Waals surface area contributed by atoms with Crippen LogP contribution in [0.3, 0.4) is 0 Å². The highest BCUT2D eigenvalue weighted by Crippen LogP contribution is 2.43. The van der Waals surface area contributed by atoms with Gasteiger partial charge in [0.25, 0.3) is 0 Å². The number of aliphatic hydroxyl groups is 2. The first kappa shape index (κ1) is 17.9. The molecule has 1 aliphatic rings. The summed E-state index contributed by atoms with van der Waals surface area (Å²) in [5, 5.41) is 21.9. The second-order valence-electron chi connectivity index (χ2n) is 6.96. The van der Waals surface area contributed by atoms with Gasteiger partial charge in [-0.2, -0.15) is 0 Å². The SMILES string of the molecule is CC1(O)CN(Cc2ccccc2)C(c2ccccc2)CC1(O)CI. The van der Waals surface area contributed by atoms with Crippen molar-refractivity contribution in [2.45, 2.75) is 37.1 Å². The van der Waals surface area contributed by atoms with Crippen molar-refractivity contribution in [2.75, 3.05) is 11.0 Å². The van der Waals surface area contributed by atoms with Gasteiger partial charge < -0.3 is 10.2 Å². The van der Waals surface area contributed by atoms with Crippen molar-refractivity contribution in [3.05, 3.63) is 71.8 Å². The van der Waals surface area contributed by atoms with Gasteiger partial charge in [0.2, 0.25) is 0 Å². The predicted molar refractivity (Wildman–Crippen MR) is 105 cm³/mol. The molecule has 3 nitrogen and oxygen atoms in total. The zero-order valence-corrected chi connectivity index (χ0v) is 16.1. The zero-order chi connectivity index (χ0) is 17.2. The number of alkyl halides is 1. The fraction of sp³-hybridized carbons (Fsp3) is 0.400. The molecule has 24 heavy (non-hydrogen) atoms. The van der Waals surface area contributed by atoms with Crippen LogP contribution in [0.25, 0.3) is 0 Å². The van der Waals surface area contributed by atoms with E-state index in [1.54, 1.807) is 6.92 Å². The number of hydrogen-bond donors (Lipinski definition) is 2. The lowest BCUT2D eigenvalue weighted by Crippen LogP contribution is -2.64. The highest BCUT2D eigenvalue weighted by Gasteiger charge is 2.52. The molecular weight excluding hydrogens is 413 g/mol. The first-order valence-electron chi connectivity index (χ1n) is 8.29. The van der Waals surface area contributed by atoms with E-state index in [4.69, 9.17) is 0 Å². The van der Waals surface area contributed by atoms with Crippen molar-refractivity contribution in [3.63, 3.8) is 0 Å². The fourth-order valence-corrected chi connectivity index (χ4v) is 4.64. The summed E-state index contributed by atoms with van der Waals surface area (Å²) in [5.41, 5.74) is 0.191. The molecule has 0 spiro atoms. The lowest BCUT2D eigenvalue weighted by atomic mass is 9.74. The van der Waals surface area contributed by atoms with E-state index in [-0.39, 0.29) is 6.04 Å². The van der Waals surface area contributed by atoms with Crippen LogP contribution >= 0.6 is 22.6 Å². The average molecular weight is 437 g/mol. The number of piperidine rings is 1. The van der Waals surface area contributed by atoms with Crippen LogP contribution < -0.4 is 0 Å². The minimum absolute atomic E-state index is 0.0893. The smallest absolute Gasteiger partial charge is 0.105 e. The van der Waals surface area contributed by atoms with Crippen LogP contribution in [0.2, 0.25) is 0 Å². The molecule has 1 saturated heterocycles.